The highest BCUT2D eigenvalue weighted by Gasteiger charge is 2.31. The molecule has 22 heavy (non-hydrogen) atoms. The minimum absolute atomic E-state index is 0.818. The fraction of sp³-hybridized carbons (Fsp3) is 0.100. The van der Waals surface area contributed by atoms with Crippen molar-refractivity contribution in [2.24, 2.45) is 0 Å². The van der Waals surface area contributed by atoms with Crippen LogP contribution in [-0.4, -0.2) is 10.2 Å². The molecule has 0 spiro atoms. The molecule has 1 aliphatic carbocycles. The van der Waals surface area contributed by atoms with Gasteiger partial charge >= 0.3 is 0 Å². The molecular formula is C20H14O2. The Bertz CT molecular complexity index is 1070. The molecule has 4 aromatic carbocycles. The van der Waals surface area contributed by atoms with E-state index in [0.29, 0.717) is 0 Å². The molecule has 0 saturated carbocycles. The first kappa shape index (κ1) is 12.2. The first-order valence-electron chi connectivity index (χ1n) is 7.49. The largest absolute Gasteiger partial charge is 0.385 e. The highest BCUT2D eigenvalue weighted by atomic mass is 16.3. The maximum Gasteiger partial charge on any atom is 0.110 e. The van der Waals surface area contributed by atoms with Crippen LogP contribution in [0.3, 0.4) is 0 Å². The van der Waals surface area contributed by atoms with Gasteiger partial charge in [-0.05, 0) is 49.5 Å². The van der Waals surface area contributed by atoms with Crippen LogP contribution in [0.4, 0.5) is 0 Å². The Kier molecular flexibility index (Phi) is 2.25. The van der Waals surface area contributed by atoms with Gasteiger partial charge in [0.25, 0.3) is 0 Å². The van der Waals surface area contributed by atoms with Crippen LogP contribution < -0.4 is 0 Å². The lowest BCUT2D eigenvalue weighted by Gasteiger charge is -2.29. The van der Waals surface area contributed by atoms with Crippen molar-refractivity contribution in [3.05, 3.63) is 71.8 Å². The lowest BCUT2D eigenvalue weighted by Crippen LogP contribution is -2.15. The van der Waals surface area contributed by atoms with E-state index in [1.54, 1.807) is 0 Å². The van der Waals surface area contributed by atoms with Gasteiger partial charge in [-0.1, -0.05) is 54.6 Å². The van der Waals surface area contributed by atoms with Crippen LogP contribution in [-0.2, 0) is 0 Å². The van der Waals surface area contributed by atoms with Gasteiger partial charge in [-0.15, -0.1) is 0 Å². The van der Waals surface area contributed by atoms with E-state index in [1.165, 1.54) is 0 Å². The molecule has 2 nitrogen and oxygen atoms in total. The SMILES string of the molecule is O[C@H]1c2cccc3ccc4cc5ccccc5c(c4c23)[C@@H]1O. The number of benzene rings is 4. The number of fused-ring (bicyclic) bond motifs is 2. The van der Waals surface area contributed by atoms with Gasteiger partial charge in [-0.2, -0.15) is 0 Å². The quantitative estimate of drug-likeness (QED) is 0.375. The molecule has 0 unspecified atom stereocenters. The number of hydrogen-bond acceptors (Lipinski definition) is 2. The Hall–Kier alpha value is -2.42. The second-order valence-corrected chi connectivity index (χ2v) is 6.01. The third kappa shape index (κ3) is 1.36. The molecule has 0 aromatic heterocycles. The van der Waals surface area contributed by atoms with E-state index >= 15 is 0 Å². The van der Waals surface area contributed by atoms with Crippen LogP contribution in [0, 0.1) is 0 Å². The fourth-order valence-electron chi connectivity index (χ4n) is 3.89. The standard InChI is InChI=1S/C20H14O2/c21-19-15-7-3-5-11-8-9-13-10-12-4-1-2-6-14(12)18(20(19)22)17(13)16(11)15/h1-10,19-22H/t19-,20-/m0/s1. The van der Waals surface area contributed by atoms with E-state index in [1.807, 2.05) is 30.3 Å². The number of aliphatic hydroxyl groups excluding tert-OH is 2. The summed E-state index contributed by atoms with van der Waals surface area (Å²) in [5.41, 5.74) is 1.67. The molecule has 0 heterocycles. The zero-order valence-corrected chi connectivity index (χ0v) is 11.8. The predicted molar refractivity (Wildman–Crippen MR) is 88.9 cm³/mol. The summed E-state index contributed by atoms with van der Waals surface area (Å²) in [4.78, 5) is 0. The molecule has 1 aliphatic rings. The first-order chi connectivity index (χ1) is 10.8. The molecule has 2 N–H and O–H groups in total. The molecule has 0 fully saturated rings. The number of hydrogen-bond donors (Lipinski definition) is 2. The molecule has 0 saturated heterocycles. The van der Waals surface area contributed by atoms with Gasteiger partial charge in [0.05, 0.1) is 0 Å². The second-order valence-electron chi connectivity index (χ2n) is 6.01. The van der Waals surface area contributed by atoms with E-state index < -0.39 is 12.2 Å². The van der Waals surface area contributed by atoms with Crippen molar-refractivity contribution in [2.75, 3.05) is 0 Å². The fourth-order valence-corrected chi connectivity index (χ4v) is 3.89. The lowest BCUT2D eigenvalue weighted by atomic mass is 9.80. The number of aliphatic hydroxyl groups is 2. The minimum atomic E-state index is -0.894. The Morgan fingerprint density at radius 2 is 1.41 bits per heavy atom. The van der Waals surface area contributed by atoms with Crippen molar-refractivity contribution in [3.8, 4) is 0 Å². The van der Waals surface area contributed by atoms with Gasteiger partial charge in [0.15, 0.2) is 0 Å². The normalized spacial score (nSPS) is 20.3. The molecule has 0 bridgehead atoms. The monoisotopic (exact) mass is 286 g/mol. The van der Waals surface area contributed by atoms with Crippen molar-refractivity contribution in [1.82, 2.24) is 0 Å². The van der Waals surface area contributed by atoms with Crippen LogP contribution in [0.2, 0.25) is 0 Å². The van der Waals surface area contributed by atoms with Crippen LogP contribution in [0.15, 0.2) is 60.7 Å². The van der Waals surface area contributed by atoms with Gasteiger partial charge in [-0.3, -0.25) is 0 Å². The summed E-state index contributed by atoms with van der Waals surface area (Å²) in [7, 11) is 0. The van der Waals surface area contributed by atoms with E-state index in [9.17, 15) is 10.2 Å². The third-order valence-corrected chi connectivity index (χ3v) is 4.85. The van der Waals surface area contributed by atoms with Crippen molar-refractivity contribution >= 4 is 32.3 Å². The molecule has 4 aromatic rings. The van der Waals surface area contributed by atoms with Crippen LogP contribution in [0.25, 0.3) is 32.3 Å². The third-order valence-electron chi connectivity index (χ3n) is 4.85. The van der Waals surface area contributed by atoms with Crippen molar-refractivity contribution < 1.29 is 10.2 Å². The van der Waals surface area contributed by atoms with Gasteiger partial charge in [0, 0.05) is 0 Å². The predicted octanol–water partition coefficient (Wildman–Crippen LogP) is 4.23. The average Bonchev–Trinajstić information content (AvgIpc) is 2.56. The Labute approximate surface area is 127 Å². The summed E-state index contributed by atoms with van der Waals surface area (Å²) in [5, 5.41) is 27.8. The average molecular weight is 286 g/mol. The van der Waals surface area contributed by atoms with E-state index in [0.717, 1.165) is 43.4 Å². The molecule has 0 radical (unpaired) electrons. The van der Waals surface area contributed by atoms with Crippen molar-refractivity contribution in [3.63, 3.8) is 0 Å². The molecular weight excluding hydrogens is 272 g/mol. The summed E-state index contributed by atoms with van der Waals surface area (Å²) >= 11 is 0. The summed E-state index contributed by atoms with van der Waals surface area (Å²) in [6, 6.07) is 20.3. The smallest absolute Gasteiger partial charge is 0.110 e. The first-order valence-corrected chi connectivity index (χ1v) is 7.49. The topological polar surface area (TPSA) is 40.5 Å². The van der Waals surface area contributed by atoms with E-state index in [4.69, 9.17) is 0 Å². The Morgan fingerprint density at radius 1 is 0.636 bits per heavy atom. The zero-order valence-electron chi connectivity index (χ0n) is 11.8. The van der Waals surface area contributed by atoms with Crippen LogP contribution >= 0.6 is 0 Å². The Balaban J connectivity index is 2.17. The van der Waals surface area contributed by atoms with Gasteiger partial charge in [0.1, 0.15) is 12.2 Å². The van der Waals surface area contributed by atoms with Gasteiger partial charge in [0.2, 0.25) is 0 Å². The second kappa shape index (κ2) is 4.07. The molecule has 106 valence electrons. The van der Waals surface area contributed by atoms with E-state index in [-0.39, 0.29) is 0 Å². The van der Waals surface area contributed by atoms with E-state index in [2.05, 4.69) is 30.3 Å². The maximum absolute atomic E-state index is 10.7. The van der Waals surface area contributed by atoms with Crippen molar-refractivity contribution in [2.45, 2.75) is 12.2 Å². The summed E-state index contributed by atoms with van der Waals surface area (Å²) in [5.74, 6) is 0. The highest BCUT2D eigenvalue weighted by molar-refractivity contribution is 6.17. The summed E-state index contributed by atoms with van der Waals surface area (Å²) in [6.45, 7) is 0. The zero-order chi connectivity index (χ0) is 14.8. The molecule has 2 atom stereocenters. The summed E-state index contributed by atoms with van der Waals surface area (Å²) < 4.78 is 0. The minimum Gasteiger partial charge on any atom is -0.385 e. The van der Waals surface area contributed by atoms with Gasteiger partial charge < -0.3 is 10.2 Å². The van der Waals surface area contributed by atoms with Crippen LogP contribution in [0.5, 0.6) is 0 Å². The molecule has 5 rings (SSSR count). The molecule has 2 heteroatoms. The highest BCUT2D eigenvalue weighted by Crippen LogP contribution is 2.47. The summed E-state index contributed by atoms with van der Waals surface area (Å²) in [6.07, 6.45) is -1.78. The van der Waals surface area contributed by atoms with Crippen LogP contribution in [0.1, 0.15) is 23.3 Å². The Morgan fingerprint density at radius 3 is 2.32 bits per heavy atom. The van der Waals surface area contributed by atoms with Crippen molar-refractivity contribution in [1.29, 1.82) is 0 Å². The molecule has 0 aliphatic heterocycles. The van der Waals surface area contributed by atoms with Gasteiger partial charge in [-0.25, -0.2) is 0 Å². The lowest BCUT2D eigenvalue weighted by molar-refractivity contribution is 0.0187. The number of rotatable bonds is 0. The molecule has 0 amide bonds. The maximum atomic E-state index is 10.7.